The number of amides is 1. The van der Waals surface area contributed by atoms with Gasteiger partial charge in [-0.15, -0.1) is 12.4 Å². The number of anilines is 2. The average molecular weight is 421 g/mol. The standard InChI is InChI=1S/C20H21ClN4O2.ClH/c1-23-7-6-16-18(23)17(20(26)25-8-10-27-11-9-25)13-22-19(16)24(2)15-5-3-4-14(21)12-15;/h3-7,12-13H,8-11H2,1-2H3;1H. The molecule has 0 radical (unpaired) electrons. The third kappa shape index (κ3) is 3.68. The highest BCUT2D eigenvalue weighted by Gasteiger charge is 2.24. The fourth-order valence-corrected chi connectivity index (χ4v) is 3.65. The zero-order valence-electron chi connectivity index (χ0n) is 15.8. The van der Waals surface area contributed by atoms with E-state index in [4.69, 9.17) is 16.3 Å². The molecule has 1 amide bonds. The monoisotopic (exact) mass is 420 g/mol. The van der Waals surface area contributed by atoms with Gasteiger partial charge in [-0.2, -0.15) is 0 Å². The second kappa shape index (κ2) is 8.39. The van der Waals surface area contributed by atoms with Crippen LogP contribution < -0.4 is 4.90 Å². The van der Waals surface area contributed by atoms with Crippen molar-refractivity contribution in [3.63, 3.8) is 0 Å². The molecule has 8 heteroatoms. The predicted octanol–water partition coefficient (Wildman–Crippen LogP) is 3.89. The molecule has 148 valence electrons. The lowest BCUT2D eigenvalue weighted by molar-refractivity contribution is 0.0303. The highest BCUT2D eigenvalue weighted by Crippen LogP contribution is 2.32. The normalized spacial score (nSPS) is 14.0. The number of halogens is 2. The van der Waals surface area contributed by atoms with Gasteiger partial charge in [0.2, 0.25) is 0 Å². The number of carbonyl (C=O) groups is 1. The average Bonchev–Trinajstić information content (AvgIpc) is 3.09. The van der Waals surface area contributed by atoms with Crippen molar-refractivity contribution >= 4 is 52.3 Å². The van der Waals surface area contributed by atoms with Crippen molar-refractivity contribution in [3.8, 4) is 0 Å². The SMILES string of the molecule is CN(c1cccc(Cl)c1)c1ncc(C(=O)N2CCOCC2)c2c1ccn2C.Cl. The van der Waals surface area contributed by atoms with Gasteiger partial charge in [0.1, 0.15) is 5.82 Å². The van der Waals surface area contributed by atoms with Crippen LogP contribution in [0.1, 0.15) is 10.4 Å². The Bertz CT molecular complexity index is 999. The van der Waals surface area contributed by atoms with Crippen LogP contribution in [0.25, 0.3) is 10.9 Å². The summed E-state index contributed by atoms with van der Waals surface area (Å²) in [5.41, 5.74) is 2.43. The number of morpholine rings is 1. The molecule has 1 aromatic carbocycles. The van der Waals surface area contributed by atoms with E-state index in [9.17, 15) is 4.79 Å². The van der Waals surface area contributed by atoms with Gasteiger partial charge < -0.3 is 19.1 Å². The maximum absolute atomic E-state index is 13.0. The molecule has 1 aliphatic heterocycles. The van der Waals surface area contributed by atoms with Crippen LogP contribution in [0.3, 0.4) is 0 Å². The van der Waals surface area contributed by atoms with E-state index in [0.29, 0.717) is 36.9 Å². The van der Waals surface area contributed by atoms with Crippen LogP contribution in [0.2, 0.25) is 5.02 Å². The summed E-state index contributed by atoms with van der Waals surface area (Å²) < 4.78 is 7.33. The number of hydrogen-bond donors (Lipinski definition) is 0. The summed E-state index contributed by atoms with van der Waals surface area (Å²) in [4.78, 5) is 21.5. The molecule has 1 fully saturated rings. The lowest BCUT2D eigenvalue weighted by atomic mass is 10.1. The maximum Gasteiger partial charge on any atom is 0.257 e. The lowest BCUT2D eigenvalue weighted by Gasteiger charge is -2.27. The van der Waals surface area contributed by atoms with Gasteiger partial charge in [-0.25, -0.2) is 4.98 Å². The third-order valence-electron chi connectivity index (χ3n) is 4.93. The molecule has 0 atom stereocenters. The Kier molecular flexibility index (Phi) is 6.13. The Labute approximate surface area is 175 Å². The van der Waals surface area contributed by atoms with Gasteiger partial charge in [-0.05, 0) is 24.3 Å². The van der Waals surface area contributed by atoms with E-state index in [0.717, 1.165) is 22.4 Å². The van der Waals surface area contributed by atoms with Crippen molar-refractivity contribution in [2.75, 3.05) is 38.3 Å². The molecule has 0 saturated carbocycles. The van der Waals surface area contributed by atoms with Crippen LogP contribution in [-0.4, -0.2) is 53.7 Å². The van der Waals surface area contributed by atoms with Crippen LogP contribution in [0.4, 0.5) is 11.5 Å². The number of aromatic nitrogens is 2. The summed E-state index contributed by atoms with van der Waals surface area (Å²) in [6, 6.07) is 9.62. The number of aryl methyl sites for hydroxylation is 1. The number of rotatable bonds is 3. The number of benzene rings is 1. The number of carbonyl (C=O) groups excluding carboxylic acids is 1. The first-order valence-electron chi connectivity index (χ1n) is 8.86. The fraction of sp³-hybridized carbons (Fsp3) is 0.300. The van der Waals surface area contributed by atoms with Crippen LogP contribution in [0, 0.1) is 0 Å². The molecule has 0 unspecified atom stereocenters. The minimum atomic E-state index is -0.00504. The Hall–Kier alpha value is -2.28. The highest BCUT2D eigenvalue weighted by molar-refractivity contribution is 6.30. The Morgan fingerprint density at radius 1 is 1.25 bits per heavy atom. The second-order valence-corrected chi connectivity index (χ2v) is 7.06. The molecule has 3 aromatic rings. The molecule has 3 heterocycles. The summed E-state index contributed by atoms with van der Waals surface area (Å²) in [5.74, 6) is 0.779. The first-order chi connectivity index (χ1) is 13.1. The van der Waals surface area contributed by atoms with E-state index >= 15 is 0 Å². The first-order valence-corrected chi connectivity index (χ1v) is 9.24. The molecule has 0 bridgehead atoms. The van der Waals surface area contributed by atoms with Crippen molar-refractivity contribution in [1.29, 1.82) is 0 Å². The first kappa shape index (κ1) is 20.5. The number of nitrogens with zero attached hydrogens (tertiary/aromatic N) is 4. The molecule has 0 spiro atoms. The van der Waals surface area contributed by atoms with Crippen molar-refractivity contribution in [1.82, 2.24) is 14.5 Å². The molecular formula is C20H22Cl2N4O2. The molecular weight excluding hydrogens is 399 g/mol. The second-order valence-electron chi connectivity index (χ2n) is 6.63. The molecule has 28 heavy (non-hydrogen) atoms. The van der Waals surface area contributed by atoms with Gasteiger partial charge in [0.25, 0.3) is 5.91 Å². The zero-order valence-corrected chi connectivity index (χ0v) is 17.3. The van der Waals surface area contributed by atoms with E-state index < -0.39 is 0 Å². The Morgan fingerprint density at radius 3 is 2.71 bits per heavy atom. The quantitative estimate of drug-likeness (QED) is 0.644. The minimum Gasteiger partial charge on any atom is -0.378 e. The van der Waals surface area contributed by atoms with E-state index in [1.807, 2.05) is 65.0 Å². The van der Waals surface area contributed by atoms with Crippen LogP contribution in [0.15, 0.2) is 42.7 Å². The van der Waals surface area contributed by atoms with Gasteiger partial charge in [0.15, 0.2) is 0 Å². The number of pyridine rings is 1. The van der Waals surface area contributed by atoms with Crippen LogP contribution >= 0.6 is 24.0 Å². The molecule has 1 aliphatic rings. The maximum atomic E-state index is 13.0. The third-order valence-corrected chi connectivity index (χ3v) is 5.16. The van der Waals surface area contributed by atoms with E-state index in [1.54, 1.807) is 6.20 Å². The van der Waals surface area contributed by atoms with Gasteiger partial charge in [0, 0.05) is 55.7 Å². The summed E-state index contributed by atoms with van der Waals surface area (Å²) in [7, 11) is 3.89. The smallest absolute Gasteiger partial charge is 0.257 e. The molecule has 6 nitrogen and oxygen atoms in total. The van der Waals surface area contributed by atoms with Crippen molar-refractivity contribution < 1.29 is 9.53 Å². The van der Waals surface area contributed by atoms with Crippen molar-refractivity contribution in [2.45, 2.75) is 0 Å². The molecule has 0 N–H and O–H groups in total. The number of hydrogen-bond acceptors (Lipinski definition) is 4. The van der Waals surface area contributed by atoms with E-state index in [1.165, 1.54) is 0 Å². The summed E-state index contributed by atoms with van der Waals surface area (Å²) >= 11 is 6.14. The van der Waals surface area contributed by atoms with Crippen molar-refractivity contribution in [2.24, 2.45) is 7.05 Å². The predicted molar refractivity (Wildman–Crippen MR) is 114 cm³/mol. The fourth-order valence-electron chi connectivity index (χ4n) is 3.47. The number of ether oxygens (including phenoxy) is 1. The Morgan fingerprint density at radius 2 is 2.00 bits per heavy atom. The van der Waals surface area contributed by atoms with Gasteiger partial charge >= 0.3 is 0 Å². The van der Waals surface area contributed by atoms with E-state index in [-0.39, 0.29) is 18.3 Å². The van der Waals surface area contributed by atoms with E-state index in [2.05, 4.69) is 4.98 Å². The lowest BCUT2D eigenvalue weighted by Crippen LogP contribution is -2.40. The molecule has 1 saturated heterocycles. The topological polar surface area (TPSA) is 50.6 Å². The van der Waals surface area contributed by atoms with Crippen molar-refractivity contribution in [3.05, 3.63) is 53.3 Å². The summed E-state index contributed by atoms with van der Waals surface area (Å²) in [5, 5.41) is 1.60. The largest absolute Gasteiger partial charge is 0.378 e. The summed E-state index contributed by atoms with van der Waals surface area (Å²) in [6.45, 7) is 2.36. The summed E-state index contributed by atoms with van der Waals surface area (Å²) in [6.07, 6.45) is 3.63. The zero-order chi connectivity index (χ0) is 19.0. The van der Waals surface area contributed by atoms with Gasteiger partial charge in [-0.3, -0.25) is 4.79 Å². The van der Waals surface area contributed by atoms with Gasteiger partial charge in [-0.1, -0.05) is 17.7 Å². The van der Waals surface area contributed by atoms with Crippen LogP contribution in [-0.2, 0) is 11.8 Å². The molecule has 0 aliphatic carbocycles. The minimum absolute atomic E-state index is 0. The molecule has 2 aromatic heterocycles. The Balaban J connectivity index is 0.00000225. The highest BCUT2D eigenvalue weighted by atomic mass is 35.5. The van der Waals surface area contributed by atoms with Gasteiger partial charge in [0.05, 0.1) is 24.3 Å². The van der Waals surface area contributed by atoms with Crippen LogP contribution in [0.5, 0.6) is 0 Å². The number of fused-ring (bicyclic) bond motifs is 1. The molecule has 4 rings (SSSR count).